The molecule has 106 valence electrons. The van der Waals surface area contributed by atoms with Crippen molar-refractivity contribution in [2.75, 3.05) is 11.1 Å². The molecule has 0 atom stereocenters. The van der Waals surface area contributed by atoms with Crippen LogP contribution >= 0.6 is 11.6 Å². The summed E-state index contributed by atoms with van der Waals surface area (Å²) in [6.45, 7) is -2.59. The second-order valence-corrected chi connectivity index (χ2v) is 4.32. The van der Waals surface area contributed by atoms with E-state index in [1.165, 1.54) is 12.3 Å². The monoisotopic (exact) mass is 299 g/mol. The molecule has 0 bridgehead atoms. The molecule has 7 heteroatoms. The topological polar surface area (TPSA) is 60.2 Å². The van der Waals surface area contributed by atoms with Gasteiger partial charge in [0.2, 0.25) is 0 Å². The third-order valence-electron chi connectivity index (χ3n) is 2.56. The Balaban J connectivity index is 2.12. The Hall–Kier alpha value is -2.08. The van der Waals surface area contributed by atoms with Crippen molar-refractivity contribution >= 4 is 23.0 Å². The van der Waals surface area contributed by atoms with E-state index in [4.69, 9.17) is 17.3 Å². The highest BCUT2D eigenvalue weighted by atomic mass is 35.5. The van der Waals surface area contributed by atoms with Crippen molar-refractivity contribution in [1.29, 1.82) is 0 Å². The highest BCUT2D eigenvalue weighted by Crippen LogP contribution is 2.24. The summed E-state index contributed by atoms with van der Waals surface area (Å²) in [5.74, 6) is 0.119. The minimum absolute atomic E-state index is 0.119. The van der Waals surface area contributed by atoms with Gasteiger partial charge in [-0.15, -0.1) is 0 Å². The largest absolute Gasteiger partial charge is 0.434 e. The summed E-state index contributed by atoms with van der Waals surface area (Å²) in [6.07, 6.45) is 1.42. The molecule has 0 aliphatic carbocycles. The average molecular weight is 300 g/mol. The number of benzene rings is 1. The number of aromatic nitrogens is 1. The Morgan fingerprint density at radius 3 is 2.85 bits per heavy atom. The van der Waals surface area contributed by atoms with Crippen molar-refractivity contribution in [3.8, 4) is 5.75 Å². The van der Waals surface area contributed by atoms with Gasteiger partial charge in [0.05, 0.1) is 17.6 Å². The molecule has 0 radical (unpaired) electrons. The predicted octanol–water partition coefficient (Wildman–Crippen LogP) is 3.53. The smallest absolute Gasteiger partial charge is 0.387 e. The molecule has 2 rings (SSSR count). The Kier molecular flexibility index (Phi) is 4.57. The van der Waals surface area contributed by atoms with E-state index in [0.717, 1.165) is 0 Å². The van der Waals surface area contributed by atoms with Crippen molar-refractivity contribution in [3.05, 3.63) is 47.2 Å². The van der Waals surface area contributed by atoms with E-state index in [-0.39, 0.29) is 12.3 Å². The Morgan fingerprint density at radius 2 is 2.10 bits per heavy atom. The van der Waals surface area contributed by atoms with E-state index in [1.54, 1.807) is 24.3 Å². The molecular formula is C13H12ClF2N3O. The van der Waals surface area contributed by atoms with Gasteiger partial charge in [0.15, 0.2) is 0 Å². The molecule has 1 aromatic carbocycles. The molecule has 0 fully saturated rings. The second-order valence-electron chi connectivity index (χ2n) is 3.93. The quantitative estimate of drug-likeness (QED) is 0.829. The molecule has 0 aliphatic heterocycles. The Labute approximate surface area is 119 Å². The lowest BCUT2D eigenvalue weighted by Crippen LogP contribution is -2.08. The number of anilines is 2. The fourth-order valence-electron chi connectivity index (χ4n) is 1.64. The summed E-state index contributed by atoms with van der Waals surface area (Å²) < 4.78 is 29.0. The van der Waals surface area contributed by atoms with Gasteiger partial charge in [0.25, 0.3) is 0 Å². The standard InChI is InChI=1S/C13H12ClF2N3O/c14-12-5-10(9(17)7-19-12)18-6-8-3-1-2-4-11(8)20-13(15)16/h1-5,7,13H,6,17H2,(H,18,19). The first-order valence-electron chi connectivity index (χ1n) is 5.74. The van der Waals surface area contributed by atoms with Gasteiger partial charge in [-0.25, -0.2) is 4.98 Å². The Bertz CT molecular complexity index is 596. The molecule has 0 saturated heterocycles. The van der Waals surface area contributed by atoms with E-state index >= 15 is 0 Å². The van der Waals surface area contributed by atoms with Gasteiger partial charge in [-0.3, -0.25) is 0 Å². The number of ether oxygens (including phenoxy) is 1. The zero-order valence-electron chi connectivity index (χ0n) is 10.3. The Morgan fingerprint density at radius 1 is 1.35 bits per heavy atom. The molecular weight excluding hydrogens is 288 g/mol. The highest BCUT2D eigenvalue weighted by Gasteiger charge is 2.09. The lowest BCUT2D eigenvalue weighted by atomic mass is 10.2. The zero-order chi connectivity index (χ0) is 14.5. The number of para-hydroxylation sites is 1. The lowest BCUT2D eigenvalue weighted by Gasteiger charge is -2.13. The van der Waals surface area contributed by atoms with Crippen LogP contribution in [-0.2, 0) is 6.54 Å². The van der Waals surface area contributed by atoms with Gasteiger partial charge in [0, 0.05) is 18.2 Å². The van der Waals surface area contributed by atoms with Crippen LogP contribution in [0.3, 0.4) is 0 Å². The van der Waals surface area contributed by atoms with E-state index in [0.29, 0.717) is 22.1 Å². The minimum Gasteiger partial charge on any atom is -0.434 e. The van der Waals surface area contributed by atoms with Gasteiger partial charge >= 0.3 is 6.61 Å². The average Bonchev–Trinajstić information content (AvgIpc) is 2.41. The number of hydrogen-bond acceptors (Lipinski definition) is 4. The summed E-state index contributed by atoms with van der Waals surface area (Å²) in [7, 11) is 0. The first-order chi connectivity index (χ1) is 9.56. The van der Waals surface area contributed by atoms with Crippen molar-refractivity contribution in [1.82, 2.24) is 4.98 Å². The number of nitrogens with two attached hydrogens (primary N) is 1. The SMILES string of the molecule is Nc1cnc(Cl)cc1NCc1ccccc1OC(F)F. The summed E-state index contributed by atoms with van der Waals surface area (Å²) in [6, 6.07) is 8.08. The highest BCUT2D eigenvalue weighted by molar-refractivity contribution is 6.29. The van der Waals surface area contributed by atoms with Gasteiger partial charge in [0.1, 0.15) is 10.9 Å². The summed E-state index contributed by atoms with van der Waals surface area (Å²) in [5.41, 5.74) is 7.32. The first-order valence-corrected chi connectivity index (χ1v) is 6.11. The zero-order valence-corrected chi connectivity index (χ0v) is 11.1. The minimum atomic E-state index is -2.86. The summed E-state index contributed by atoms with van der Waals surface area (Å²) in [5, 5.41) is 3.30. The van der Waals surface area contributed by atoms with E-state index in [1.807, 2.05) is 0 Å². The number of nitrogens with one attached hydrogen (secondary N) is 1. The molecule has 2 aromatic rings. The lowest BCUT2D eigenvalue weighted by molar-refractivity contribution is -0.0504. The van der Waals surface area contributed by atoms with Gasteiger partial charge in [-0.05, 0) is 6.07 Å². The first kappa shape index (κ1) is 14.3. The molecule has 0 saturated carbocycles. The van der Waals surface area contributed by atoms with Crippen molar-refractivity contribution in [2.24, 2.45) is 0 Å². The van der Waals surface area contributed by atoms with Crippen LogP contribution in [0.4, 0.5) is 20.2 Å². The van der Waals surface area contributed by atoms with E-state index in [9.17, 15) is 8.78 Å². The van der Waals surface area contributed by atoms with Crippen LogP contribution in [0.15, 0.2) is 36.5 Å². The molecule has 0 spiro atoms. The number of rotatable bonds is 5. The summed E-state index contributed by atoms with van der Waals surface area (Å²) in [4.78, 5) is 3.83. The molecule has 0 unspecified atom stereocenters. The van der Waals surface area contributed by atoms with Crippen LogP contribution < -0.4 is 15.8 Å². The maximum absolute atomic E-state index is 12.3. The molecule has 0 aliphatic rings. The van der Waals surface area contributed by atoms with Gasteiger partial charge in [-0.2, -0.15) is 8.78 Å². The molecule has 0 amide bonds. The summed E-state index contributed by atoms with van der Waals surface area (Å²) >= 11 is 5.77. The van der Waals surface area contributed by atoms with E-state index in [2.05, 4.69) is 15.0 Å². The van der Waals surface area contributed by atoms with Crippen molar-refractivity contribution < 1.29 is 13.5 Å². The number of halogens is 3. The van der Waals surface area contributed by atoms with Gasteiger partial charge < -0.3 is 15.8 Å². The maximum atomic E-state index is 12.3. The van der Waals surface area contributed by atoms with Crippen molar-refractivity contribution in [2.45, 2.75) is 13.2 Å². The fraction of sp³-hybridized carbons (Fsp3) is 0.154. The molecule has 4 nitrogen and oxygen atoms in total. The molecule has 1 heterocycles. The fourth-order valence-corrected chi connectivity index (χ4v) is 1.80. The van der Waals surface area contributed by atoms with Crippen LogP contribution in [0.1, 0.15) is 5.56 Å². The molecule has 20 heavy (non-hydrogen) atoms. The molecule has 3 N–H and O–H groups in total. The van der Waals surface area contributed by atoms with Crippen LogP contribution in [-0.4, -0.2) is 11.6 Å². The van der Waals surface area contributed by atoms with Crippen LogP contribution in [0, 0.1) is 0 Å². The maximum Gasteiger partial charge on any atom is 0.387 e. The predicted molar refractivity (Wildman–Crippen MR) is 74.1 cm³/mol. The van der Waals surface area contributed by atoms with Crippen LogP contribution in [0.5, 0.6) is 5.75 Å². The number of hydrogen-bond donors (Lipinski definition) is 2. The van der Waals surface area contributed by atoms with Gasteiger partial charge in [-0.1, -0.05) is 29.8 Å². The third kappa shape index (κ3) is 3.71. The normalized spacial score (nSPS) is 10.6. The number of alkyl halides is 2. The number of pyridine rings is 1. The van der Waals surface area contributed by atoms with E-state index < -0.39 is 6.61 Å². The molecule has 1 aromatic heterocycles. The number of nitrogens with zero attached hydrogens (tertiary/aromatic N) is 1. The number of nitrogen functional groups attached to an aromatic ring is 1. The second kappa shape index (κ2) is 6.38. The van der Waals surface area contributed by atoms with Crippen LogP contribution in [0.2, 0.25) is 5.15 Å². The van der Waals surface area contributed by atoms with Crippen molar-refractivity contribution in [3.63, 3.8) is 0 Å². The van der Waals surface area contributed by atoms with Crippen LogP contribution in [0.25, 0.3) is 0 Å². The third-order valence-corrected chi connectivity index (χ3v) is 2.77.